The summed E-state index contributed by atoms with van der Waals surface area (Å²) in [5, 5.41) is 0. The van der Waals surface area contributed by atoms with E-state index in [0.29, 0.717) is 11.8 Å². The molecular weight excluding hydrogens is 466 g/mol. The maximum Gasteiger partial charge on any atom is 0.0955 e. The van der Waals surface area contributed by atoms with Crippen molar-refractivity contribution in [3.8, 4) is 0 Å². The molecule has 5 nitrogen and oxygen atoms in total. The number of aromatic nitrogens is 4. The summed E-state index contributed by atoms with van der Waals surface area (Å²) in [5.74, 6) is 1.36. The van der Waals surface area contributed by atoms with Crippen LogP contribution in [-0.2, 0) is 26.1 Å². The van der Waals surface area contributed by atoms with Gasteiger partial charge in [-0.25, -0.2) is 9.97 Å². The number of fused-ring (bicyclic) bond motifs is 2. The second-order valence-electron chi connectivity index (χ2n) is 10.9. The van der Waals surface area contributed by atoms with Gasteiger partial charge in [-0.3, -0.25) is 4.90 Å². The van der Waals surface area contributed by atoms with E-state index in [-0.39, 0.29) is 5.92 Å². The average Bonchev–Trinajstić information content (AvgIpc) is 3.68. The molecule has 3 heterocycles. The number of likely N-dealkylation sites (tertiary alicyclic amines) is 1. The summed E-state index contributed by atoms with van der Waals surface area (Å²) in [6.45, 7) is 4.89. The Balaban J connectivity index is 1.23. The highest BCUT2D eigenvalue weighted by Gasteiger charge is 2.46. The Hall–Kier alpha value is -3.96. The molecule has 5 aromatic rings. The van der Waals surface area contributed by atoms with Crippen LogP contribution in [-0.4, -0.2) is 37.1 Å². The van der Waals surface area contributed by atoms with E-state index in [1.165, 1.54) is 33.8 Å². The zero-order valence-electron chi connectivity index (χ0n) is 21.6. The van der Waals surface area contributed by atoms with Crippen LogP contribution in [0.3, 0.4) is 0 Å². The van der Waals surface area contributed by atoms with Crippen molar-refractivity contribution in [1.29, 1.82) is 0 Å². The van der Waals surface area contributed by atoms with Gasteiger partial charge in [-0.2, -0.15) is 0 Å². The maximum atomic E-state index is 5.04. The molecule has 2 aromatic heterocycles. The van der Waals surface area contributed by atoms with E-state index in [4.69, 9.17) is 9.97 Å². The van der Waals surface area contributed by atoms with E-state index in [2.05, 4.69) is 118 Å². The molecule has 2 aliphatic rings. The van der Waals surface area contributed by atoms with Gasteiger partial charge in [0.25, 0.3) is 0 Å². The third-order valence-corrected chi connectivity index (χ3v) is 8.33. The molecule has 5 heteroatoms. The fourth-order valence-electron chi connectivity index (χ4n) is 6.64. The Morgan fingerprint density at radius 2 is 1.29 bits per heavy atom. The topological polar surface area (TPSA) is 38.9 Å². The molecule has 1 aliphatic carbocycles. The first-order valence-electron chi connectivity index (χ1n) is 13.7. The lowest BCUT2D eigenvalue weighted by molar-refractivity contribution is 0.309. The van der Waals surface area contributed by atoms with Gasteiger partial charge in [-0.1, -0.05) is 91.0 Å². The predicted molar refractivity (Wildman–Crippen MR) is 150 cm³/mol. The molecule has 0 unspecified atom stereocenters. The predicted octanol–water partition coefficient (Wildman–Crippen LogP) is 5.61. The Morgan fingerprint density at radius 3 is 1.97 bits per heavy atom. The van der Waals surface area contributed by atoms with Gasteiger partial charge in [-0.05, 0) is 34.9 Å². The first kappa shape index (κ1) is 23.2. The molecule has 3 aromatic carbocycles. The van der Waals surface area contributed by atoms with E-state index < -0.39 is 0 Å². The van der Waals surface area contributed by atoms with Gasteiger partial charge in [0.15, 0.2) is 0 Å². The molecule has 190 valence electrons. The lowest BCUT2D eigenvalue weighted by atomic mass is 9.73. The number of imidazole rings is 2. The molecule has 3 atom stereocenters. The molecule has 1 fully saturated rings. The normalized spacial score (nSPS) is 20.8. The molecule has 1 aliphatic heterocycles. The minimum Gasteiger partial charge on any atom is -0.333 e. The van der Waals surface area contributed by atoms with Gasteiger partial charge >= 0.3 is 0 Å². The number of benzene rings is 3. The van der Waals surface area contributed by atoms with Crippen molar-refractivity contribution in [2.75, 3.05) is 13.1 Å². The van der Waals surface area contributed by atoms with Crippen molar-refractivity contribution < 1.29 is 0 Å². The monoisotopic (exact) mass is 499 g/mol. The molecule has 0 radical (unpaired) electrons. The molecule has 38 heavy (non-hydrogen) atoms. The molecule has 0 bridgehead atoms. The quantitative estimate of drug-likeness (QED) is 0.292. The van der Waals surface area contributed by atoms with Gasteiger partial charge in [0, 0.05) is 44.8 Å². The Kier molecular flexibility index (Phi) is 6.14. The molecule has 0 amide bonds. The third-order valence-electron chi connectivity index (χ3n) is 8.33. The SMILES string of the molecule is c1ccc(CN2C[C@H]3Cc4ncn(Cc5ccccc5)c4[C@@H](c4cn(Cc5ccccc5)cn4)[C@@H]3C2)cc1. The van der Waals surface area contributed by atoms with Crippen LogP contribution in [0.5, 0.6) is 0 Å². The average molecular weight is 500 g/mol. The molecular formula is C33H33N5. The standard InChI is InChI=1S/C33H33N5/c1-4-10-25(11-5-1)17-36-20-28-16-30-33(38(24-35-30)19-27-14-8-3-9-15-27)32(29(28)21-36)31-22-37(23-34-31)18-26-12-6-2-7-13-26/h1-15,22-24,28-29,32H,16-21H2/t28-,29-,32-/m1/s1. The van der Waals surface area contributed by atoms with Crippen molar-refractivity contribution in [3.05, 3.63) is 144 Å². The minimum absolute atomic E-state index is 0.243. The van der Waals surface area contributed by atoms with Crippen molar-refractivity contribution >= 4 is 0 Å². The number of rotatable bonds is 7. The highest BCUT2D eigenvalue weighted by molar-refractivity contribution is 5.34. The number of hydrogen-bond donors (Lipinski definition) is 0. The van der Waals surface area contributed by atoms with E-state index in [1.807, 2.05) is 6.33 Å². The summed E-state index contributed by atoms with van der Waals surface area (Å²) in [4.78, 5) is 12.7. The van der Waals surface area contributed by atoms with Crippen LogP contribution in [0.15, 0.2) is 110 Å². The van der Waals surface area contributed by atoms with Crippen LogP contribution in [0.25, 0.3) is 0 Å². The van der Waals surface area contributed by atoms with E-state index in [0.717, 1.165) is 39.1 Å². The maximum absolute atomic E-state index is 5.04. The summed E-state index contributed by atoms with van der Waals surface area (Å²) < 4.78 is 4.63. The van der Waals surface area contributed by atoms with Crippen LogP contribution >= 0.6 is 0 Å². The van der Waals surface area contributed by atoms with E-state index in [1.54, 1.807) is 0 Å². The lowest BCUT2D eigenvalue weighted by Crippen LogP contribution is -2.31. The van der Waals surface area contributed by atoms with E-state index >= 15 is 0 Å². The van der Waals surface area contributed by atoms with Crippen molar-refractivity contribution in [2.45, 2.75) is 32.0 Å². The third kappa shape index (κ3) is 4.59. The van der Waals surface area contributed by atoms with Gasteiger partial charge in [-0.15, -0.1) is 0 Å². The summed E-state index contributed by atoms with van der Waals surface area (Å²) >= 11 is 0. The van der Waals surface area contributed by atoms with Gasteiger partial charge in [0.1, 0.15) is 0 Å². The van der Waals surface area contributed by atoms with Crippen molar-refractivity contribution in [3.63, 3.8) is 0 Å². The number of nitrogens with zero attached hydrogens (tertiary/aromatic N) is 5. The van der Waals surface area contributed by atoms with Gasteiger partial charge in [0.2, 0.25) is 0 Å². The molecule has 0 saturated carbocycles. The smallest absolute Gasteiger partial charge is 0.0955 e. The summed E-state index contributed by atoms with van der Waals surface area (Å²) in [7, 11) is 0. The zero-order valence-corrected chi connectivity index (χ0v) is 21.6. The molecule has 7 rings (SSSR count). The summed E-state index contributed by atoms with van der Waals surface area (Å²) in [6.07, 6.45) is 7.41. The summed E-state index contributed by atoms with van der Waals surface area (Å²) in [5.41, 5.74) is 7.78. The van der Waals surface area contributed by atoms with Crippen molar-refractivity contribution in [2.24, 2.45) is 11.8 Å². The van der Waals surface area contributed by atoms with Crippen LogP contribution in [0, 0.1) is 11.8 Å². The Morgan fingerprint density at radius 1 is 0.658 bits per heavy atom. The van der Waals surface area contributed by atoms with E-state index in [9.17, 15) is 0 Å². The lowest BCUT2D eigenvalue weighted by Gasteiger charge is -2.33. The second kappa shape index (κ2) is 10.1. The zero-order chi connectivity index (χ0) is 25.3. The molecule has 0 spiro atoms. The van der Waals surface area contributed by atoms with Crippen LogP contribution in [0.2, 0.25) is 0 Å². The fourth-order valence-corrected chi connectivity index (χ4v) is 6.64. The van der Waals surface area contributed by atoms with Gasteiger partial charge < -0.3 is 9.13 Å². The fraction of sp³-hybridized carbons (Fsp3) is 0.273. The highest BCUT2D eigenvalue weighted by atomic mass is 15.2. The first-order valence-corrected chi connectivity index (χ1v) is 13.7. The Bertz CT molecular complexity index is 1490. The highest BCUT2D eigenvalue weighted by Crippen LogP contribution is 2.46. The largest absolute Gasteiger partial charge is 0.333 e. The molecule has 0 N–H and O–H groups in total. The van der Waals surface area contributed by atoms with Crippen LogP contribution in [0.1, 0.15) is 39.7 Å². The first-order chi connectivity index (χ1) is 18.8. The van der Waals surface area contributed by atoms with Crippen molar-refractivity contribution in [1.82, 2.24) is 24.0 Å². The Labute approximate surface area is 224 Å². The van der Waals surface area contributed by atoms with Gasteiger partial charge in [0.05, 0.1) is 29.7 Å². The van der Waals surface area contributed by atoms with Crippen LogP contribution in [0.4, 0.5) is 0 Å². The minimum atomic E-state index is 0.243. The second-order valence-corrected chi connectivity index (χ2v) is 10.9. The van der Waals surface area contributed by atoms with Crippen LogP contribution < -0.4 is 0 Å². The summed E-state index contributed by atoms with van der Waals surface area (Å²) in [6, 6.07) is 32.3. The molecule has 1 saturated heterocycles. The number of hydrogen-bond acceptors (Lipinski definition) is 3.